The fraction of sp³-hybridized carbons (Fsp3) is 0.286. The maximum Gasteiger partial charge on any atom is 0.228 e. The van der Waals surface area contributed by atoms with Crippen molar-refractivity contribution in [2.45, 2.75) is 20.8 Å². The Kier molecular flexibility index (Phi) is 4.04. The van der Waals surface area contributed by atoms with Crippen LogP contribution in [0.5, 0.6) is 0 Å². The number of nitrogen functional groups attached to an aromatic ring is 1. The van der Waals surface area contributed by atoms with Gasteiger partial charge in [0.1, 0.15) is 16.5 Å². The smallest absolute Gasteiger partial charge is 0.228 e. The largest absolute Gasteiger partial charge is 0.389 e. The topological polar surface area (TPSA) is 68.0 Å². The molecule has 20 heavy (non-hydrogen) atoms. The number of carbonyl (C=O) groups is 1. The van der Waals surface area contributed by atoms with Gasteiger partial charge in [-0.3, -0.25) is 4.79 Å². The number of nitrogens with zero attached hydrogens (tertiary/aromatic N) is 1. The molecule has 0 saturated heterocycles. The normalized spacial score (nSPS) is 10.8. The van der Waals surface area contributed by atoms with Crippen LogP contribution in [-0.4, -0.2) is 10.9 Å². The standard InChI is InChI=1S/C14H16FN3OS/c1-7(2)13(19)18-14-17-11(12(16)20-14)9-4-5-10(15)8(3)6-9/h4-7H,16H2,1-3H3,(H,17,18,19). The van der Waals surface area contributed by atoms with E-state index in [1.165, 1.54) is 17.4 Å². The van der Waals surface area contributed by atoms with Crippen molar-refractivity contribution in [2.75, 3.05) is 11.1 Å². The van der Waals surface area contributed by atoms with E-state index in [2.05, 4.69) is 10.3 Å². The van der Waals surface area contributed by atoms with Crippen LogP contribution in [0.3, 0.4) is 0 Å². The number of nitrogens with one attached hydrogen (secondary N) is 1. The van der Waals surface area contributed by atoms with Gasteiger partial charge in [0.25, 0.3) is 0 Å². The number of rotatable bonds is 3. The Morgan fingerprint density at radius 1 is 1.45 bits per heavy atom. The molecule has 2 aromatic rings. The number of anilines is 2. The fourth-order valence-electron chi connectivity index (χ4n) is 1.63. The molecular formula is C14H16FN3OS. The highest BCUT2D eigenvalue weighted by molar-refractivity contribution is 7.20. The molecule has 1 aromatic heterocycles. The molecule has 0 radical (unpaired) electrons. The van der Waals surface area contributed by atoms with Gasteiger partial charge in [-0.25, -0.2) is 9.37 Å². The first-order valence-electron chi connectivity index (χ1n) is 6.22. The van der Waals surface area contributed by atoms with E-state index in [0.29, 0.717) is 21.4 Å². The maximum atomic E-state index is 13.3. The molecule has 4 nitrogen and oxygen atoms in total. The number of benzene rings is 1. The Bertz CT molecular complexity index is 652. The van der Waals surface area contributed by atoms with Crippen LogP contribution in [0.1, 0.15) is 19.4 Å². The number of thiazole rings is 1. The third kappa shape index (κ3) is 2.96. The third-order valence-electron chi connectivity index (χ3n) is 2.84. The zero-order valence-corrected chi connectivity index (χ0v) is 12.3. The molecule has 0 atom stereocenters. The lowest BCUT2D eigenvalue weighted by molar-refractivity contribution is -0.118. The highest BCUT2D eigenvalue weighted by Crippen LogP contribution is 2.34. The predicted molar refractivity (Wildman–Crippen MR) is 80.1 cm³/mol. The van der Waals surface area contributed by atoms with Gasteiger partial charge in [-0.15, -0.1) is 0 Å². The Morgan fingerprint density at radius 2 is 2.15 bits per heavy atom. The van der Waals surface area contributed by atoms with Gasteiger partial charge in [0.2, 0.25) is 5.91 Å². The van der Waals surface area contributed by atoms with E-state index in [-0.39, 0.29) is 17.6 Å². The van der Waals surface area contributed by atoms with E-state index in [0.717, 1.165) is 5.56 Å². The number of aryl methyl sites for hydroxylation is 1. The molecule has 0 fully saturated rings. The first-order chi connectivity index (χ1) is 9.38. The summed E-state index contributed by atoms with van der Waals surface area (Å²) in [6, 6.07) is 4.70. The highest BCUT2D eigenvalue weighted by Gasteiger charge is 2.15. The highest BCUT2D eigenvalue weighted by atomic mass is 32.1. The van der Waals surface area contributed by atoms with Crippen molar-refractivity contribution in [3.63, 3.8) is 0 Å². The van der Waals surface area contributed by atoms with Crippen molar-refractivity contribution in [2.24, 2.45) is 5.92 Å². The molecule has 1 aromatic carbocycles. The number of aromatic nitrogens is 1. The van der Waals surface area contributed by atoms with Crippen LogP contribution in [0.15, 0.2) is 18.2 Å². The van der Waals surface area contributed by atoms with Crippen LogP contribution >= 0.6 is 11.3 Å². The summed E-state index contributed by atoms with van der Waals surface area (Å²) in [6.07, 6.45) is 0. The summed E-state index contributed by atoms with van der Waals surface area (Å²) >= 11 is 1.21. The van der Waals surface area contributed by atoms with Crippen molar-refractivity contribution >= 4 is 27.4 Å². The molecule has 1 heterocycles. The predicted octanol–water partition coefficient (Wildman–Crippen LogP) is 3.43. The minimum absolute atomic E-state index is 0.111. The van der Waals surface area contributed by atoms with Crippen LogP contribution in [0.4, 0.5) is 14.5 Å². The minimum atomic E-state index is -0.268. The van der Waals surface area contributed by atoms with E-state index in [1.807, 2.05) is 0 Å². The van der Waals surface area contributed by atoms with Crippen LogP contribution < -0.4 is 11.1 Å². The molecule has 0 unspecified atom stereocenters. The second kappa shape index (κ2) is 5.58. The van der Waals surface area contributed by atoms with Crippen LogP contribution in [-0.2, 0) is 4.79 Å². The van der Waals surface area contributed by atoms with E-state index in [1.54, 1.807) is 32.9 Å². The Morgan fingerprint density at radius 3 is 2.75 bits per heavy atom. The van der Waals surface area contributed by atoms with Crippen molar-refractivity contribution in [3.8, 4) is 11.3 Å². The zero-order valence-electron chi connectivity index (χ0n) is 11.5. The molecule has 0 aliphatic rings. The van der Waals surface area contributed by atoms with Crippen molar-refractivity contribution in [1.29, 1.82) is 0 Å². The van der Waals surface area contributed by atoms with Crippen LogP contribution in [0.25, 0.3) is 11.3 Å². The van der Waals surface area contributed by atoms with E-state index in [4.69, 9.17) is 5.73 Å². The SMILES string of the molecule is Cc1cc(-c2nc(NC(=O)C(C)C)sc2N)ccc1F. The number of carbonyl (C=O) groups excluding carboxylic acids is 1. The molecular weight excluding hydrogens is 277 g/mol. The van der Waals surface area contributed by atoms with Crippen molar-refractivity contribution in [3.05, 3.63) is 29.6 Å². The molecule has 106 valence electrons. The van der Waals surface area contributed by atoms with Crippen LogP contribution in [0, 0.1) is 18.7 Å². The van der Waals surface area contributed by atoms with Gasteiger partial charge in [-0.05, 0) is 30.7 Å². The summed E-state index contributed by atoms with van der Waals surface area (Å²) in [6.45, 7) is 5.29. The molecule has 6 heteroatoms. The maximum absolute atomic E-state index is 13.3. The number of amides is 1. The second-order valence-corrected chi connectivity index (χ2v) is 5.87. The molecule has 3 N–H and O–H groups in total. The summed E-state index contributed by atoms with van der Waals surface area (Å²) in [5.74, 6) is -0.506. The van der Waals surface area contributed by atoms with E-state index >= 15 is 0 Å². The summed E-state index contributed by atoms with van der Waals surface area (Å²) in [4.78, 5) is 15.9. The van der Waals surface area contributed by atoms with Gasteiger partial charge >= 0.3 is 0 Å². The lowest BCUT2D eigenvalue weighted by Gasteiger charge is -2.03. The van der Waals surface area contributed by atoms with Gasteiger partial charge in [-0.2, -0.15) is 0 Å². The third-order valence-corrected chi connectivity index (χ3v) is 3.64. The average molecular weight is 293 g/mol. The molecule has 0 bridgehead atoms. The molecule has 0 saturated carbocycles. The first-order valence-corrected chi connectivity index (χ1v) is 7.04. The Hall–Kier alpha value is -1.95. The summed E-state index contributed by atoms with van der Waals surface area (Å²) < 4.78 is 13.3. The summed E-state index contributed by atoms with van der Waals surface area (Å²) in [5.41, 5.74) is 7.76. The number of halogens is 1. The molecule has 1 amide bonds. The van der Waals surface area contributed by atoms with E-state index in [9.17, 15) is 9.18 Å². The second-order valence-electron chi connectivity index (χ2n) is 4.84. The minimum Gasteiger partial charge on any atom is -0.389 e. The van der Waals surface area contributed by atoms with Gasteiger partial charge in [0.05, 0.1) is 0 Å². The van der Waals surface area contributed by atoms with Crippen molar-refractivity contribution in [1.82, 2.24) is 4.98 Å². The Labute approximate surface area is 120 Å². The quantitative estimate of drug-likeness (QED) is 0.911. The summed E-state index contributed by atoms with van der Waals surface area (Å²) in [5, 5.41) is 3.66. The molecule has 0 aliphatic heterocycles. The van der Waals surface area contributed by atoms with Gasteiger partial charge < -0.3 is 11.1 Å². The van der Waals surface area contributed by atoms with Gasteiger partial charge in [-0.1, -0.05) is 25.2 Å². The average Bonchev–Trinajstić information content (AvgIpc) is 2.73. The number of nitrogens with two attached hydrogens (primary N) is 1. The lowest BCUT2D eigenvalue weighted by Crippen LogP contribution is -2.17. The van der Waals surface area contributed by atoms with Crippen molar-refractivity contribution < 1.29 is 9.18 Å². The van der Waals surface area contributed by atoms with E-state index < -0.39 is 0 Å². The zero-order chi connectivity index (χ0) is 14.9. The van der Waals surface area contributed by atoms with Gasteiger partial charge in [0.15, 0.2) is 5.13 Å². The molecule has 0 spiro atoms. The fourth-order valence-corrected chi connectivity index (χ4v) is 2.39. The number of hydrogen-bond acceptors (Lipinski definition) is 4. The molecule has 2 rings (SSSR count). The summed E-state index contributed by atoms with van der Waals surface area (Å²) in [7, 11) is 0. The number of hydrogen-bond donors (Lipinski definition) is 2. The molecule has 0 aliphatic carbocycles. The monoisotopic (exact) mass is 293 g/mol. The van der Waals surface area contributed by atoms with Crippen LogP contribution in [0.2, 0.25) is 0 Å². The first kappa shape index (κ1) is 14.5. The lowest BCUT2D eigenvalue weighted by atomic mass is 10.1. The van der Waals surface area contributed by atoms with Gasteiger partial charge in [0, 0.05) is 11.5 Å². The Balaban J connectivity index is 2.31.